The first-order valence-electron chi connectivity index (χ1n) is 12.1. The molecule has 4 rings (SSSR count). The Kier molecular flexibility index (Phi) is 12.0. The Morgan fingerprint density at radius 1 is 0.700 bits per heavy atom. The fraction of sp³-hybridized carbons (Fsp3) is 0.321. The van der Waals surface area contributed by atoms with Crippen LogP contribution in [0, 0.1) is 0 Å². The van der Waals surface area contributed by atoms with Crippen molar-refractivity contribution in [3.8, 4) is 0 Å². The van der Waals surface area contributed by atoms with Crippen LogP contribution in [-0.4, -0.2) is 35.5 Å². The molecule has 12 heteroatoms. The SMILES string of the molecule is CC(=O)O[C@H]1S[C@@H](COCc2ccc(Cl)cc2Cl)[C@@H](OCc2ccc(Cl)cc2Cl)[C@@H]1OCc1ccc(Cl)cc1Cl. The van der Waals surface area contributed by atoms with Gasteiger partial charge in [-0.15, -0.1) is 11.8 Å². The van der Waals surface area contributed by atoms with E-state index in [-0.39, 0.29) is 31.7 Å². The van der Waals surface area contributed by atoms with Crippen molar-refractivity contribution in [1.29, 1.82) is 0 Å². The summed E-state index contributed by atoms with van der Waals surface area (Å²) in [6, 6.07) is 15.6. The van der Waals surface area contributed by atoms with Crippen LogP contribution < -0.4 is 0 Å². The first-order chi connectivity index (χ1) is 19.1. The predicted octanol–water partition coefficient (Wildman–Crippen LogP) is 9.30. The lowest BCUT2D eigenvalue weighted by molar-refractivity contribution is -0.155. The summed E-state index contributed by atoms with van der Waals surface area (Å²) >= 11 is 38.6. The normalized spacial score (nSPS) is 20.6. The van der Waals surface area contributed by atoms with Crippen LogP contribution in [0.15, 0.2) is 54.6 Å². The second-order valence-electron chi connectivity index (χ2n) is 8.93. The number of esters is 1. The van der Waals surface area contributed by atoms with Crippen molar-refractivity contribution in [3.63, 3.8) is 0 Å². The molecule has 1 heterocycles. The molecule has 0 radical (unpaired) electrons. The van der Waals surface area contributed by atoms with Gasteiger partial charge >= 0.3 is 5.97 Å². The number of halogens is 6. The third-order valence-electron chi connectivity index (χ3n) is 6.00. The summed E-state index contributed by atoms with van der Waals surface area (Å²) in [5.74, 6) is -0.440. The van der Waals surface area contributed by atoms with E-state index in [9.17, 15) is 4.79 Å². The molecule has 0 unspecified atom stereocenters. The van der Waals surface area contributed by atoms with E-state index in [1.165, 1.54) is 18.7 Å². The van der Waals surface area contributed by atoms with E-state index in [1.807, 2.05) is 6.07 Å². The lowest BCUT2D eigenvalue weighted by Crippen LogP contribution is -2.40. The minimum absolute atomic E-state index is 0.147. The number of carbonyl (C=O) groups excluding carboxylic acids is 1. The number of benzene rings is 3. The zero-order valence-corrected chi connectivity index (χ0v) is 26.4. The average molecular weight is 685 g/mol. The first-order valence-corrected chi connectivity index (χ1v) is 15.3. The molecule has 1 fully saturated rings. The molecule has 3 aromatic rings. The molecule has 0 aromatic heterocycles. The molecule has 1 aliphatic rings. The van der Waals surface area contributed by atoms with Gasteiger partial charge in [0, 0.05) is 37.1 Å². The zero-order valence-electron chi connectivity index (χ0n) is 21.1. The van der Waals surface area contributed by atoms with E-state index in [4.69, 9.17) is 88.6 Å². The number of ether oxygens (including phenoxy) is 4. The summed E-state index contributed by atoms with van der Waals surface area (Å²) < 4.78 is 24.4. The van der Waals surface area contributed by atoms with E-state index >= 15 is 0 Å². The highest BCUT2D eigenvalue weighted by molar-refractivity contribution is 8.00. The lowest BCUT2D eigenvalue weighted by Gasteiger charge is -2.26. The van der Waals surface area contributed by atoms with Crippen molar-refractivity contribution in [2.24, 2.45) is 0 Å². The molecule has 40 heavy (non-hydrogen) atoms. The van der Waals surface area contributed by atoms with Crippen molar-refractivity contribution >= 4 is 87.3 Å². The van der Waals surface area contributed by atoms with Crippen molar-refractivity contribution in [3.05, 3.63) is 101 Å². The molecule has 0 saturated carbocycles. The van der Waals surface area contributed by atoms with Crippen molar-refractivity contribution in [2.45, 2.75) is 49.6 Å². The second kappa shape index (κ2) is 15.0. The summed E-state index contributed by atoms with van der Waals surface area (Å²) in [7, 11) is 0. The van der Waals surface area contributed by atoms with Gasteiger partial charge < -0.3 is 18.9 Å². The van der Waals surface area contributed by atoms with Gasteiger partial charge in [0.25, 0.3) is 0 Å². The monoisotopic (exact) mass is 682 g/mol. The zero-order chi connectivity index (χ0) is 28.8. The Morgan fingerprint density at radius 3 is 1.60 bits per heavy atom. The largest absolute Gasteiger partial charge is 0.449 e. The summed E-state index contributed by atoms with van der Waals surface area (Å²) in [4.78, 5) is 12.0. The van der Waals surface area contributed by atoms with Crippen LogP contribution in [0.2, 0.25) is 30.1 Å². The number of thioether (sulfide) groups is 1. The molecule has 0 aliphatic carbocycles. The molecule has 0 amide bonds. The van der Waals surface area contributed by atoms with E-state index in [0.29, 0.717) is 30.1 Å². The Morgan fingerprint density at radius 2 is 1.15 bits per heavy atom. The lowest BCUT2D eigenvalue weighted by atomic mass is 10.1. The molecule has 1 aliphatic heterocycles. The highest BCUT2D eigenvalue weighted by atomic mass is 35.5. The molecule has 214 valence electrons. The number of hydrogen-bond donors (Lipinski definition) is 0. The van der Waals surface area contributed by atoms with Gasteiger partial charge in [-0.3, -0.25) is 4.79 Å². The van der Waals surface area contributed by atoms with Crippen LogP contribution in [0.25, 0.3) is 0 Å². The maximum absolute atomic E-state index is 12.0. The van der Waals surface area contributed by atoms with Gasteiger partial charge in [-0.25, -0.2) is 0 Å². The molecule has 0 spiro atoms. The number of hydrogen-bond acceptors (Lipinski definition) is 6. The molecule has 0 bridgehead atoms. The van der Waals surface area contributed by atoms with Crippen LogP contribution in [0.4, 0.5) is 0 Å². The molecular weight excluding hydrogens is 661 g/mol. The maximum Gasteiger partial charge on any atom is 0.303 e. The molecule has 3 aromatic carbocycles. The van der Waals surface area contributed by atoms with Crippen LogP contribution in [0.1, 0.15) is 23.6 Å². The second-order valence-corrected chi connectivity index (χ2v) is 12.8. The van der Waals surface area contributed by atoms with Crippen molar-refractivity contribution in [2.75, 3.05) is 6.61 Å². The highest BCUT2D eigenvalue weighted by Gasteiger charge is 2.48. The average Bonchev–Trinajstić information content (AvgIpc) is 3.19. The standard InChI is InChI=1S/C28H24Cl6O5S/c1-15(35)39-28-27(38-13-18-4-7-21(31)10-24(18)34)26(37-12-17-3-6-20(30)9-23(17)33)25(40-28)14-36-11-16-2-5-19(29)8-22(16)32/h2-10,25-28H,11-14H2,1H3/t25-,26+,27-,28-/m0/s1. The first kappa shape index (κ1) is 32.0. The minimum atomic E-state index is -0.651. The quantitative estimate of drug-likeness (QED) is 0.188. The maximum atomic E-state index is 12.0. The Balaban J connectivity index is 1.53. The van der Waals surface area contributed by atoms with Crippen LogP contribution in [0.3, 0.4) is 0 Å². The van der Waals surface area contributed by atoms with Gasteiger partial charge in [-0.05, 0) is 53.1 Å². The predicted molar refractivity (Wildman–Crippen MR) is 163 cm³/mol. The third kappa shape index (κ3) is 8.81. The van der Waals surface area contributed by atoms with Gasteiger partial charge in [0.2, 0.25) is 0 Å². The molecule has 1 saturated heterocycles. The van der Waals surface area contributed by atoms with Crippen LogP contribution in [-0.2, 0) is 43.6 Å². The van der Waals surface area contributed by atoms with E-state index < -0.39 is 23.6 Å². The smallest absolute Gasteiger partial charge is 0.303 e. The Hall–Kier alpha value is -0.900. The van der Waals surface area contributed by atoms with Crippen molar-refractivity contribution < 1.29 is 23.7 Å². The molecule has 4 atom stereocenters. The summed E-state index contributed by atoms with van der Waals surface area (Å²) in [5.41, 5.74) is 1.62. The fourth-order valence-corrected chi connectivity index (χ4v) is 6.91. The molecule has 0 N–H and O–H groups in total. The summed E-state index contributed by atoms with van der Waals surface area (Å²) in [6.45, 7) is 2.20. The van der Waals surface area contributed by atoms with E-state index in [0.717, 1.165) is 16.7 Å². The Bertz CT molecular complexity index is 1340. The summed E-state index contributed by atoms with van der Waals surface area (Å²) in [5, 5.41) is 2.77. The highest BCUT2D eigenvalue weighted by Crippen LogP contribution is 2.41. The van der Waals surface area contributed by atoms with E-state index in [1.54, 1.807) is 48.5 Å². The van der Waals surface area contributed by atoms with Crippen LogP contribution >= 0.6 is 81.4 Å². The Labute approximate surface area is 267 Å². The summed E-state index contributed by atoms with van der Waals surface area (Å²) in [6.07, 6.45) is -1.17. The van der Waals surface area contributed by atoms with E-state index in [2.05, 4.69) is 0 Å². The van der Waals surface area contributed by atoms with Gasteiger partial charge in [0.1, 0.15) is 12.2 Å². The number of rotatable bonds is 11. The fourth-order valence-electron chi connectivity index (χ4n) is 4.03. The van der Waals surface area contributed by atoms with Gasteiger partial charge in [0.15, 0.2) is 5.44 Å². The third-order valence-corrected chi connectivity index (χ3v) is 9.14. The van der Waals surface area contributed by atoms with Gasteiger partial charge in [-0.2, -0.15) is 0 Å². The topological polar surface area (TPSA) is 54.0 Å². The van der Waals surface area contributed by atoms with Crippen LogP contribution in [0.5, 0.6) is 0 Å². The van der Waals surface area contributed by atoms with Gasteiger partial charge in [-0.1, -0.05) is 87.8 Å². The molecule has 5 nitrogen and oxygen atoms in total. The van der Waals surface area contributed by atoms with Crippen molar-refractivity contribution in [1.82, 2.24) is 0 Å². The minimum Gasteiger partial charge on any atom is -0.449 e. The number of carbonyl (C=O) groups is 1. The van der Waals surface area contributed by atoms with Gasteiger partial charge in [0.05, 0.1) is 31.7 Å². The molecular formula is C28H24Cl6O5S.